The third kappa shape index (κ3) is 5.39. The van der Waals surface area contributed by atoms with Crippen molar-refractivity contribution >= 4 is 29.3 Å². The van der Waals surface area contributed by atoms with E-state index in [-0.39, 0.29) is 11.4 Å². The fourth-order valence-electron chi connectivity index (χ4n) is 2.64. The van der Waals surface area contributed by atoms with Crippen molar-refractivity contribution in [1.29, 1.82) is 0 Å². The number of amides is 2. The van der Waals surface area contributed by atoms with Crippen molar-refractivity contribution in [3.05, 3.63) is 111 Å². The molecule has 0 aliphatic rings. The summed E-state index contributed by atoms with van der Waals surface area (Å²) in [6, 6.07) is 21.4. The zero-order valence-corrected chi connectivity index (χ0v) is 16.2. The van der Waals surface area contributed by atoms with Crippen LogP contribution < -0.4 is 10.6 Å². The number of nitro groups is 1. The van der Waals surface area contributed by atoms with Crippen LogP contribution in [0.3, 0.4) is 0 Å². The Morgan fingerprint density at radius 3 is 2.13 bits per heavy atom. The standard InChI is InChI=1S/C23H19N3O4/c1-16-7-11-19(12-8-16)24-23(28)21(25-22(27)18-5-3-2-4-6-18)15-17-9-13-20(14-10-17)26(29)30/h2-15H,1H3,(H,24,28)(H,25,27). The molecule has 0 radical (unpaired) electrons. The molecule has 0 saturated heterocycles. The van der Waals surface area contributed by atoms with E-state index in [1.54, 1.807) is 42.5 Å². The van der Waals surface area contributed by atoms with Gasteiger partial charge in [0.2, 0.25) is 0 Å². The van der Waals surface area contributed by atoms with Crippen LogP contribution in [-0.4, -0.2) is 16.7 Å². The van der Waals surface area contributed by atoms with Crippen molar-refractivity contribution < 1.29 is 14.5 Å². The Labute approximate surface area is 173 Å². The Balaban J connectivity index is 1.88. The maximum Gasteiger partial charge on any atom is 0.272 e. The molecule has 0 atom stereocenters. The van der Waals surface area contributed by atoms with Gasteiger partial charge >= 0.3 is 0 Å². The Hall–Kier alpha value is -4.26. The van der Waals surface area contributed by atoms with Crippen LogP contribution in [0.1, 0.15) is 21.5 Å². The van der Waals surface area contributed by atoms with Crippen molar-refractivity contribution in [3.63, 3.8) is 0 Å². The highest BCUT2D eigenvalue weighted by molar-refractivity contribution is 6.10. The van der Waals surface area contributed by atoms with Gasteiger partial charge in [0.15, 0.2) is 0 Å². The van der Waals surface area contributed by atoms with E-state index in [9.17, 15) is 19.7 Å². The summed E-state index contributed by atoms with van der Waals surface area (Å²) in [4.78, 5) is 35.7. The average molecular weight is 401 g/mol. The molecule has 0 aliphatic heterocycles. The molecule has 0 aromatic heterocycles. The number of nitro benzene ring substituents is 1. The van der Waals surface area contributed by atoms with Crippen molar-refractivity contribution in [2.75, 3.05) is 5.32 Å². The molecule has 0 fully saturated rings. The Morgan fingerprint density at radius 1 is 0.900 bits per heavy atom. The maximum atomic E-state index is 12.8. The van der Waals surface area contributed by atoms with E-state index < -0.39 is 16.7 Å². The number of aryl methyl sites for hydroxylation is 1. The number of non-ortho nitro benzene ring substituents is 1. The van der Waals surface area contributed by atoms with Gasteiger partial charge in [-0.1, -0.05) is 35.9 Å². The van der Waals surface area contributed by atoms with Gasteiger partial charge < -0.3 is 10.6 Å². The minimum Gasteiger partial charge on any atom is -0.321 e. The van der Waals surface area contributed by atoms with E-state index in [2.05, 4.69) is 10.6 Å². The van der Waals surface area contributed by atoms with Gasteiger partial charge in [0.25, 0.3) is 17.5 Å². The van der Waals surface area contributed by atoms with E-state index in [1.165, 1.54) is 30.3 Å². The van der Waals surface area contributed by atoms with Gasteiger partial charge in [0.1, 0.15) is 5.70 Å². The molecule has 3 aromatic carbocycles. The topological polar surface area (TPSA) is 101 Å². The number of hydrogen-bond donors (Lipinski definition) is 2. The van der Waals surface area contributed by atoms with Crippen LogP contribution in [0.15, 0.2) is 84.6 Å². The van der Waals surface area contributed by atoms with E-state index in [4.69, 9.17) is 0 Å². The summed E-state index contributed by atoms with van der Waals surface area (Å²) in [5.74, 6) is -0.954. The van der Waals surface area contributed by atoms with Crippen LogP contribution in [0.5, 0.6) is 0 Å². The number of benzene rings is 3. The lowest BCUT2D eigenvalue weighted by Gasteiger charge is -2.11. The summed E-state index contributed by atoms with van der Waals surface area (Å²) in [6.07, 6.45) is 1.47. The van der Waals surface area contributed by atoms with Crippen molar-refractivity contribution in [1.82, 2.24) is 5.32 Å². The molecule has 7 nitrogen and oxygen atoms in total. The first-order chi connectivity index (χ1) is 14.4. The summed E-state index contributed by atoms with van der Waals surface area (Å²) in [5.41, 5.74) is 2.50. The summed E-state index contributed by atoms with van der Waals surface area (Å²) in [6.45, 7) is 1.94. The first kappa shape index (κ1) is 20.5. The van der Waals surface area contributed by atoms with E-state index in [0.29, 0.717) is 16.8 Å². The molecular formula is C23H19N3O4. The van der Waals surface area contributed by atoms with Gasteiger partial charge in [-0.3, -0.25) is 19.7 Å². The first-order valence-electron chi connectivity index (χ1n) is 9.13. The summed E-state index contributed by atoms with van der Waals surface area (Å²) in [5, 5.41) is 16.2. The molecule has 0 saturated carbocycles. The number of carbonyl (C=O) groups excluding carboxylic acids is 2. The van der Waals surface area contributed by atoms with Crippen molar-refractivity contribution in [2.45, 2.75) is 6.92 Å². The predicted octanol–water partition coefficient (Wildman–Crippen LogP) is 4.31. The average Bonchev–Trinajstić information content (AvgIpc) is 2.75. The number of anilines is 1. The second-order valence-corrected chi connectivity index (χ2v) is 6.55. The van der Waals surface area contributed by atoms with Gasteiger partial charge in [-0.15, -0.1) is 0 Å². The van der Waals surface area contributed by atoms with Gasteiger partial charge in [-0.2, -0.15) is 0 Å². The van der Waals surface area contributed by atoms with Crippen LogP contribution in [0.2, 0.25) is 0 Å². The second-order valence-electron chi connectivity index (χ2n) is 6.55. The second kappa shape index (κ2) is 9.29. The monoisotopic (exact) mass is 401 g/mol. The smallest absolute Gasteiger partial charge is 0.272 e. The zero-order valence-electron chi connectivity index (χ0n) is 16.2. The molecule has 0 spiro atoms. The molecular weight excluding hydrogens is 382 g/mol. The van der Waals surface area contributed by atoms with Crippen LogP contribution in [0.25, 0.3) is 6.08 Å². The van der Waals surface area contributed by atoms with Crippen LogP contribution in [0.4, 0.5) is 11.4 Å². The summed E-state index contributed by atoms with van der Waals surface area (Å²) >= 11 is 0. The SMILES string of the molecule is Cc1ccc(NC(=O)C(=Cc2ccc([N+](=O)[O-])cc2)NC(=O)c2ccccc2)cc1. The quantitative estimate of drug-likeness (QED) is 0.365. The molecule has 2 N–H and O–H groups in total. The molecule has 3 aromatic rings. The Morgan fingerprint density at radius 2 is 1.53 bits per heavy atom. The lowest BCUT2D eigenvalue weighted by atomic mass is 10.1. The van der Waals surface area contributed by atoms with E-state index in [0.717, 1.165) is 5.56 Å². The lowest BCUT2D eigenvalue weighted by molar-refractivity contribution is -0.384. The normalized spacial score (nSPS) is 10.9. The van der Waals surface area contributed by atoms with E-state index >= 15 is 0 Å². The molecule has 7 heteroatoms. The Kier molecular flexibility index (Phi) is 6.34. The summed E-state index contributed by atoms with van der Waals surface area (Å²) < 4.78 is 0. The predicted molar refractivity (Wildman–Crippen MR) is 115 cm³/mol. The third-order valence-corrected chi connectivity index (χ3v) is 4.25. The molecule has 0 aliphatic carbocycles. The van der Waals surface area contributed by atoms with Gasteiger partial charge in [0, 0.05) is 23.4 Å². The molecule has 2 amide bonds. The largest absolute Gasteiger partial charge is 0.321 e. The van der Waals surface area contributed by atoms with Crippen LogP contribution in [0, 0.1) is 17.0 Å². The van der Waals surface area contributed by atoms with Crippen LogP contribution >= 0.6 is 0 Å². The number of nitrogens with zero attached hydrogens (tertiary/aromatic N) is 1. The molecule has 0 unspecified atom stereocenters. The van der Waals surface area contributed by atoms with Gasteiger partial charge in [-0.25, -0.2) is 0 Å². The fourth-order valence-corrected chi connectivity index (χ4v) is 2.64. The zero-order chi connectivity index (χ0) is 21.5. The number of hydrogen-bond acceptors (Lipinski definition) is 4. The van der Waals surface area contributed by atoms with Gasteiger partial charge in [-0.05, 0) is 55.0 Å². The minimum atomic E-state index is -0.513. The molecule has 150 valence electrons. The number of carbonyl (C=O) groups is 2. The molecule has 3 rings (SSSR count). The third-order valence-electron chi connectivity index (χ3n) is 4.25. The van der Waals surface area contributed by atoms with Crippen LogP contribution in [-0.2, 0) is 4.79 Å². The number of nitrogens with one attached hydrogen (secondary N) is 2. The highest BCUT2D eigenvalue weighted by Crippen LogP contribution is 2.16. The Bertz CT molecular complexity index is 1090. The molecule has 0 heterocycles. The van der Waals surface area contributed by atoms with Crippen molar-refractivity contribution in [2.24, 2.45) is 0 Å². The lowest BCUT2D eigenvalue weighted by Crippen LogP contribution is -2.30. The highest BCUT2D eigenvalue weighted by atomic mass is 16.6. The number of rotatable bonds is 6. The fraction of sp³-hybridized carbons (Fsp3) is 0.0435. The van der Waals surface area contributed by atoms with Crippen molar-refractivity contribution in [3.8, 4) is 0 Å². The molecule has 30 heavy (non-hydrogen) atoms. The molecule has 0 bridgehead atoms. The minimum absolute atomic E-state index is 0.0123. The summed E-state index contributed by atoms with van der Waals surface area (Å²) in [7, 11) is 0. The van der Waals surface area contributed by atoms with E-state index in [1.807, 2.05) is 19.1 Å². The van der Waals surface area contributed by atoms with Gasteiger partial charge in [0.05, 0.1) is 4.92 Å². The first-order valence-corrected chi connectivity index (χ1v) is 9.13. The highest BCUT2D eigenvalue weighted by Gasteiger charge is 2.15. The maximum absolute atomic E-state index is 12.8.